The summed E-state index contributed by atoms with van der Waals surface area (Å²) in [4.78, 5) is 4.14. The third-order valence-electron chi connectivity index (χ3n) is 3.97. The SMILES string of the molecule is COc1cc2ncc(F)c(-c3ccc(CNS(=O)O)cc3)c2cc1OC. The molecule has 1 aromatic heterocycles. The second-order valence-electron chi connectivity index (χ2n) is 5.47. The molecule has 3 rings (SSSR count). The van der Waals surface area contributed by atoms with E-state index in [0.29, 0.717) is 33.5 Å². The van der Waals surface area contributed by atoms with Crippen LogP contribution in [0.2, 0.25) is 0 Å². The molecular weight excluding hydrogens is 359 g/mol. The Bertz CT molecular complexity index is 964. The summed E-state index contributed by atoms with van der Waals surface area (Å²) in [7, 11) is 3.04. The molecule has 0 saturated carbocycles. The van der Waals surface area contributed by atoms with Crippen LogP contribution in [0.25, 0.3) is 22.0 Å². The van der Waals surface area contributed by atoms with Crippen LogP contribution in [0.1, 0.15) is 5.56 Å². The van der Waals surface area contributed by atoms with Gasteiger partial charge in [-0.2, -0.15) is 0 Å². The van der Waals surface area contributed by atoms with Crippen LogP contribution in [0.3, 0.4) is 0 Å². The second-order valence-corrected chi connectivity index (χ2v) is 6.26. The number of hydrogen-bond acceptors (Lipinski definition) is 4. The zero-order chi connectivity index (χ0) is 18.7. The number of pyridine rings is 1. The first-order valence-electron chi connectivity index (χ1n) is 7.67. The lowest BCUT2D eigenvalue weighted by molar-refractivity contribution is 0.356. The van der Waals surface area contributed by atoms with E-state index in [-0.39, 0.29) is 6.54 Å². The fourth-order valence-electron chi connectivity index (χ4n) is 2.72. The number of ether oxygens (including phenoxy) is 2. The quantitative estimate of drug-likeness (QED) is 0.646. The molecule has 0 spiro atoms. The molecule has 1 atom stereocenters. The molecule has 0 aliphatic rings. The van der Waals surface area contributed by atoms with Crippen molar-refractivity contribution >= 4 is 22.2 Å². The Morgan fingerprint density at radius 1 is 1.15 bits per heavy atom. The molecule has 0 saturated heterocycles. The topological polar surface area (TPSA) is 80.7 Å². The summed E-state index contributed by atoms with van der Waals surface area (Å²) < 4.78 is 47.0. The fourth-order valence-corrected chi connectivity index (χ4v) is 3.01. The number of nitrogens with one attached hydrogen (secondary N) is 1. The molecule has 136 valence electrons. The summed E-state index contributed by atoms with van der Waals surface area (Å²) in [5.41, 5.74) is 2.45. The van der Waals surface area contributed by atoms with Crippen molar-refractivity contribution < 1.29 is 22.6 Å². The third-order valence-corrected chi connectivity index (χ3v) is 4.36. The largest absolute Gasteiger partial charge is 0.493 e. The number of aromatic nitrogens is 1. The molecule has 2 aromatic carbocycles. The second kappa shape index (κ2) is 7.77. The van der Waals surface area contributed by atoms with Crippen molar-refractivity contribution in [2.45, 2.75) is 6.54 Å². The molecule has 0 fully saturated rings. The summed E-state index contributed by atoms with van der Waals surface area (Å²) in [5.74, 6) is 0.551. The smallest absolute Gasteiger partial charge is 0.232 e. The van der Waals surface area contributed by atoms with Crippen LogP contribution < -0.4 is 14.2 Å². The van der Waals surface area contributed by atoms with E-state index >= 15 is 0 Å². The predicted octanol–water partition coefficient (Wildman–Crippen LogP) is 3.28. The number of rotatable bonds is 6. The van der Waals surface area contributed by atoms with Gasteiger partial charge in [-0.1, -0.05) is 24.3 Å². The molecule has 0 aliphatic heterocycles. The van der Waals surface area contributed by atoms with Crippen LogP contribution in [0.4, 0.5) is 4.39 Å². The van der Waals surface area contributed by atoms with Crippen molar-refractivity contribution in [3.63, 3.8) is 0 Å². The first-order chi connectivity index (χ1) is 12.5. The number of methoxy groups -OCH3 is 2. The molecule has 1 heterocycles. The average molecular weight is 376 g/mol. The van der Waals surface area contributed by atoms with Gasteiger partial charge in [0.15, 0.2) is 11.5 Å². The zero-order valence-corrected chi connectivity index (χ0v) is 15.0. The lowest BCUT2D eigenvalue weighted by Gasteiger charge is -2.13. The maximum absolute atomic E-state index is 14.6. The van der Waals surface area contributed by atoms with E-state index in [1.54, 1.807) is 36.4 Å². The number of halogens is 1. The fraction of sp³-hybridized carbons (Fsp3) is 0.167. The molecule has 0 amide bonds. The number of hydrogen-bond donors (Lipinski definition) is 2. The van der Waals surface area contributed by atoms with Gasteiger partial charge in [0.2, 0.25) is 11.3 Å². The van der Waals surface area contributed by atoms with E-state index < -0.39 is 17.1 Å². The average Bonchev–Trinajstić information content (AvgIpc) is 2.65. The van der Waals surface area contributed by atoms with Crippen molar-refractivity contribution in [3.05, 3.63) is 54.0 Å². The summed E-state index contributed by atoms with van der Waals surface area (Å²) in [6.07, 6.45) is 1.17. The van der Waals surface area contributed by atoms with Gasteiger partial charge in [0.25, 0.3) is 0 Å². The van der Waals surface area contributed by atoms with Crippen LogP contribution in [0.5, 0.6) is 11.5 Å². The van der Waals surface area contributed by atoms with E-state index in [0.717, 1.165) is 5.56 Å². The van der Waals surface area contributed by atoms with E-state index in [2.05, 4.69) is 9.71 Å². The van der Waals surface area contributed by atoms with Crippen LogP contribution in [-0.2, 0) is 17.8 Å². The van der Waals surface area contributed by atoms with Gasteiger partial charge in [-0.3, -0.25) is 9.54 Å². The molecule has 0 bridgehead atoms. The first kappa shape index (κ1) is 18.2. The molecule has 8 heteroatoms. The molecule has 3 aromatic rings. The van der Waals surface area contributed by atoms with E-state index in [1.165, 1.54) is 20.4 Å². The molecule has 2 N–H and O–H groups in total. The van der Waals surface area contributed by atoms with Gasteiger partial charge in [-0.05, 0) is 17.2 Å². The Balaban J connectivity index is 2.08. The Morgan fingerprint density at radius 3 is 2.42 bits per heavy atom. The highest BCUT2D eigenvalue weighted by molar-refractivity contribution is 7.77. The first-order valence-corrected chi connectivity index (χ1v) is 8.78. The summed E-state index contributed by atoms with van der Waals surface area (Å²) in [6, 6.07) is 10.4. The lowest BCUT2D eigenvalue weighted by atomic mass is 9.99. The Hall–Kier alpha value is -2.55. The van der Waals surface area contributed by atoms with Crippen molar-refractivity contribution in [1.82, 2.24) is 9.71 Å². The molecule has 6 nitrogen and oxygen atoms in total. The van der Waals surface area contributed by atoms with Crippen molar-refractivity contribution in [3.8, 4) is 22.6 Å². The number of fused-ring (bicyclic) bond motifs is 1. The maximum atomic E-state index is 14.6. The molecule has 0 aliphatic carbocycles. The standard InChI is InChI=1S/C18H17FN2O4S/c1-24-16-7-13-15(8-17(16)25-2)20-10-14(19)18(13)12-5-3-11(4-6-12)9-21-26(22)23/h3-8,10,21H,9H2,1-2H3,(H,22,23). The number of benzene rings is 2. The van der Waals surface area contributed by atoms with Gasteiger partial charge in [-0.25, -0.2) is 13.3 Å². The van der Waals surface area contributed by atoms with Crippen LogP contribution in [0.15, 0.2) is 42.6 Å². The molecule has 1 unspecified atom stereocenters. The van der Waals surface area contributed by atoms with Gasteiger partial charge in [-0.15, -0.1) is 0 Å². The minimum absolute atomic E-state index is 0.230. The molecular formula is C18H17FN2O4S. The van der Waals surface area contributed by atoms with Crippen molar-refractivity contribution in [1.29, 1.82) is 0 Å². The highest BCUT2D eigenvalue weighted by Crippen LogP contribution is 2.37. The Labute approximate surface area is 152 Å². The normalized spacial score (nSPS) is 12.2. The highest BCUT2D eigenvalue weighted by Gasteiger charge is 2.15. The van der Waals surface area contributed by atoms with Crippen molar-refractivity contribution in [2.24, 2.45) is 0 Å². The summed E-state index contributed by atoms with van der Waals surface area (Å²) >= 11 is -2.08. The van der Waals surface area contributed by atoms with E-state index in [4.69, 9.17) is 14.0 Å². The van der Waals surface area contributed by atoms with Crippen LogP contribution in [-0.4, -0.2) is 28.0 Å². The van der Waals surface area contributed by atoms with Gasteiger partial charge < -0.3 is 9.47 Å². The van der Waals surface area contributed by atoms with Crippen molar-refractivity contribution in [2.75, 3.05) is 14.2 Å². The molecule has 0 radical (unpaired) electrons. The number of nitrogens with zero attached hydrogens (tertiary/aromatic N) is 1. The minimum Gasteiger partial charge on any atom is -0.493 e. The molecule has 26 heavy (non-hydrogen) atoms. The monoisotopic (exact) mass is 376 g/mol. The summed E-state index contributed by atoms with van der Waals surface area (Å²) in [5, 5.41) is 0.602. The zero-order valence-electron chi connectivity index (χ0n) is 14.2. The Kier molecular flexibility index (Phi) is 5.46. The summed E-state index contributed by atoms with van der Waals surface area (Å²) in [6.45, 7) is 0.230. The predicted molar refractivity (Wildman–Crippen MR) is 97.9 cm³/mol. The third kappa shape index (κ3) is 3.67. The van der Waals surface area contributed by atoms with E-state index in [9.17, 15) is 8.60 Å². The van der Waals surface area contributed by atoms with Gasteiger partial charge in [0.05, 0.1) is 25.9 Å². The Morgan fingerprint density at radius 2 is 1.81 bits per heavy atom. The van der Waals surface area contributed by atoms with Crippen LogP contribution in [0, 0.1) is 5.82 Å². The maximum Gasteiger partial charge on any atom is 0.232 e. The van der Waals surface area contributed by atoms with Gasteiger partial charge in [0.1, 0.15) is 5.82 Å². The van der Waals surface area contributed by atoms with Gasteiger partial charge >= 0.3 is 0 Å². The van der Waals surface area contributed by atoms with Crippen LogP contribution >= 0.6 is 0 Å². The van der Waals surface area contributed by atoms with E-state index in [1.807, 2.05) is 0 Å². The van der Waals surface area contributed by atoms with Gasteiger partial charge in [0, 0.05) is 23.6 Å². The highest BCUT2D eigenvalue weighted by atomic mass is 32.2. The minimum atomic E-state index is -2.08. The lowest BCUT2D eigenvalue weighted by Crippen LogP contribution is -2.15.